The number of hydrogen-bond donors (Lipinski definition) is 1. The Kier molecular flexibility index (Phi) is 5.82. The van der Waals surface area contributed by atoms with Crippen LogP contribution < -0.4 is 19.8 Å². The largest absolute Gasteiger partial charge is 0.495 e. The molecule has 1 N–H and O–H groups in total. The van der Waals surface area contributed by atoms with Crippen LogP contribution in [-0.4, -0.2) is 32.2 Å². The summed E-state index contributed by atoms with van der Waals surface area (Å²) in [4.78, 5) is 17.6. The van der Waals surface area contributed by atoms with E-state index in [4.69, 9.17) is 9.47 Å². The maximum Gasteiger partial charge on any atom is 0.265 e. The lowest BCUT2D eigenvalue weighted by molar-refractivity contribution is 0.402. The Balaban J connectivity index is 1.79. The zero-order chi connectivity index (χ0) is 23.8. The zero-order valence-corrected chi connectivity index (χ0v) is 19.4. The predicted octanol–water partition coefficient (Wildman–Crippen LogP) is 3.82. The van der Waals surface area contributed by atoms with E-state index in [1.54, 1.807) is 62.4 Å². The van der Waals surface area contributed by atoms with Gasteiger partial charge in [-0.25, -0.2) is 13.4 Å². The first-order valence-electron chi connectivity index (χ1n) is 10.1. The van der Waals surface area contributed by atoms with E-state index < -0.39 is 10.0 Å². The minimum atomic E-state index is -3.97. The number of rotatable bonds is 6. The molecule has 3 aromatic carbocycles. The quantitative estimate of drug-likeness (QED) is 0.465. The van der Waals surface area contributed by atoms with Crippen molar-refractivity contribution in [3.05, 3.63) is 82.4 Å². The maximum atomic E-state index is 13.1. The first kappa shape index (κ1) is 22.3. The number of aromatic nitrogens is 2. The smallest absolute Gasteiger partial charge is 0.265 e. The van der Waals surface area contributed by atoms with Gasteiger partial charge in [0.1, 0.15) is 22.2 Å². The molecule has 8 nitrogen and oxygen atoms in total. The third-order valence-corrected chi connectivity index (χ3v) is 6.63. The second-order valence-electron chi connectivity index (χ2n) is 7.46. The number of ether oxygens (including phenoxy) is 2. The second kappa shape index (κ2) is 8.59. The monoisotopic (exact) mass is 465 g/mol. The standard InChI is InChI=1S/C24H23N3O5S/c1-15-9-12-21(31-3)23(13-15)33(29,30)26-20-11-10-17(14-22(20)32-4)27-16(2)25-19-8-6-5-7-18(19)24(27)28/h5-14,26H,1-4H3. The number of anilines is 1. The van der Waals surface area contributed by atoms with Crippen LogP contribution in [0.1, 0.15) is 11.4 Å². The molecule has 0 unspecified atom stereocenters. The van der Waals surface area contributed by atoms with Gasteiger partial charge >= 0.3 is 0 Å². The molecule has 4 aromatic rings. The fourth-order valence-corrected chi connectivity index (χ4v) is 4.97. The Labute approximate surface area is 191 Å². The zero-order valence-electron chi connectivity index (χ0n) is 18.6. The maximum absolute atomic E-state index is 13.1. The molecular weight excluding hydrogens is 442 g/mol. The van der Waals surface area contributed by atoms with Crippen molar-refractivity contribution in [3.63, 3.8) is 0 Å². The number of benzene rings is 3. The van der Waals surface area contributed by atoms with Crippen LogP contribution in [0.4, 0.5) is 5.69 Å². The molecule has 1 aromatic heterocycles. The van der Waals surface area contributed by atoms with E-state index in [1.165, 1.54) is 24.9 Å². The highest BCUT2D eigenvalue weighted by atomic mass is 32.2. The van der Waals surface area contributed by atoms with E-state index in [0.29, 0.717) is 22.4 Å². The van der Waals surface area contributed by atoms with Gasteiger partial charge in [0, 0.05) is 6.07 Å². The van der Waals surface area contributed by atoms with Crippen LogP contribution in [0, 0.1) is 13.8 Å². The molecule has 0 aliphatic rings. The van der Waals surface area contributed by atoms with E-state index >= 15 is 0 Å². The van der Waals surface area contributed by atoms with Crippen molar-refractivity contribution in [2.45, 2.75) is 18.7 Å². The van der Waals surface area contributed by atoms with Gasteiger partial charge in [-0.2, -0.15) is 0 Å². The van der Waals surface area contributed by atoms with Gasteiger partial charge in [-0.15, -0.1) is 0 Å². The molecule has 0 spiro atoms. The second-order valence-corrected chi connectivity index (χ2v) is 9.11. The van der Waals surface area contributed by atoms with Crippen molar-refractivity contribution in [1.29, 1.82) is 0 Å². The summed E-state index contributed by atoms with van der Waals surface area (Å²) in [5, 5.41) is 0.485. The molecule has 0 bridgehead atoms. The summed E-state index contributed by atoms with van der Waals surface area (Å²) < 4.78 is 40.9. The van der Waals surface area contributed by atoms with E-state index in [-0.39, 0.29) is 27.6 Å². The molecule has 170 valence electrons. The average molecular weight is 466 g/mol. The van der Waals surface area contributed by atoms with Gasteiger partial charge in [0.2, 0.25) is 0 Å². The van der Waals surface area contributed by atoms with Gasteiger partial charge in [-0.3, -0.25) is 14.1 Å². The minimum absolute atomic E-state index is 0.0157. The molecule has 0 atom stereocenters. The third-order valence-electron chi connectivity index (χ3n) is 5.24. The fourth-order valence-electron chi connectivity index (χ4n) is 3.64. The van der Waals surface area contributed by atoms with E-state index in [9.17, 15) is 13.2 Å². The number of nitrogens with zero attached hydrogens (tertiary/aromatic N) is 2. The number of para-hydroxylation sites is 1. The van der Waals surface area contributed by atoms with Crippen molar-refractivity contribution in [1.82, 2.24) is 9.55 Å². The third kappa shape index (κ3) is 4.14. The number of aryl methyl sites for hydroxylation is 2. The lowest BCUT2D eigenvalue weighted by Crippen LogP contribution is -2.22. The molecule has 0 fully saturated rings. The average Bonchev–Trinajstić information content (AvgIpc) is 2.79. The van der Waals surface area contributed by atoms with Crippen LogP contribution in [0.2, 0.25) is 0 Å². The Hall–Kier alpha value is -3.85. The summed E-state index contributed by atoms with van der Waals surface area (Å²) in [6.07, 6.45) is 0. The summed E-state index contributed by atoms with van der Waals surface area (Å²) in [5.74, 6) is 0.980. The van der Waals surface area contributed by atoms with Gasteiger partial charge in [0.25, 0.3) is 15.6 Å². The van der Waals surface area contributed by atoms with Crippen molar-refractivity contribution in [2.24, 2.45) is 0 Å². The number of sulfonamides is 1. The van der Waals surface area contributed by atoms with Crippen molar-refractivity contribution in [3.8, 4) is 17.2 Å². The molecule has 4 rings (SSSR count). The Morgan fingerprint density at radius 3 is 2.36 bits per heavy atom. The molecule has 0 radical (unpaired) electrons. The molecule has 0 aliphatic carbocycles. The van der Waals surface area contributed by atoms with Crippen LogP contribution in [0.25, 0.3) is 16.6 Å². The molecule has 0 aliphatic heterocycles. The summed E-state index contributed by atoms with van der Waals surface area (Å²) in [6, 6.07) is 16.8. The minimum Gasteiger partial charge on any atom is -0.495 e. The molecule has 0 saturated heterocycles. The highest BCUT2D eigenvalue weighted by Crippen LogP contribution is 2.32. The van der Waals surface area contributed by atoms with Crippen LogP contribution in [0.3, 0.4) is 0 Å². The summed E-state index contributed by atoms with van der Waals surface area (Å²) in [6.45, 7) is 3.53. The molecule has 0 amide bonds. The lowest BCUT2D eigenvalue weighted by atomic mass is 10.2. The predicted molar refractivity (Wildman–Crippen MR) is 127 cm³/mol. The fraction of sp³-hybridized carbons (Fsp3) is 0.167. The van der Waals surface area contributed by atoms with E-state index in [1.807, 2.05) is 6.07 Å². The number of nitrogens with one attached hydrogen (secondary N) is 1. The molecule has 0 saturated carbocycles. The Bertz CT molecular complexity index is 1530. The van der Waals surface area contributed by atoms with E-state index in [0.717, 1.165) is 5.56 Å². The molecule has 1 heterocycles. The number of hydrogen-bond acceptors (Lipinski definition) is 6. The molecule has 33 heavy (non-hydrogen) atoms. The van der Waals surface area contributed by atoms with E-state index in [2.05, 4.69) is 9.71 Å². The van der Waals surface area contributed by atoms with Gasteiger partial charge in [-0.05, 0) is 55.8 Å². The topological polar surface area (TPSA) is 99.5 Å². The van der Waals surface area contributed by atoms with Crippen LogP contribution in [0.5, 0.6) is 11.5 Å². The van der Waals surface area contributed by atoms with Crippen molar-refractivity contribution in [2.75, 3.05) is 18.9 Å². The molecular formula is C24H23N3O5S. The van der Waals surface area contributed by atoms with Gasteiger partial charge in [0.15, 0.2) is 0 Å². The van der Waals surface area contributed by atoms with Crippen LogP contribution in [-0.2, 0) is 10.0 Å². The summed E-state index contributed by atoms with van der Waals surface area (Å²) in [5.41, 5.74) is 1.89. The summed E-state index contributed by atoms with van der Waals surface area (Å²) in [7, 11) is -1.13. The van der Waals surface area contributed by atoms with Crippen molar-refractivity contribution < 1.29 is 17.9 Å². The Morgan fingerprint density at radius 1 is 0.909 bits per heavy atom. The number of methoxy groups -OCH3 is 2. The van der Waals surface area contributed by atoms with Crippen molar-refractivity contribution >= 4 is 26.6 Å². The first-order chi connectivity index (χ1) is 15.7. The Morgan fingerprint density at radius 2 is 1.64 bits per heavy atom. The summed E-state index contributed by atoms with van der Waals surface area (Å²) >= 11 is 0. The first-order valence-corrected chi connectivity index (χ1v) is 11.6. The molecule has 9 heteroatoms. The van der Waals surface area contributed by atoms with Gasteiger partial charge in [0.05, 0.1) is 36.5 Å². The lowest BCUT2D eigenvalue weighted by Gasteiger charge is -2.16. The number of fused-ring (bicyclic) bond motifs is 1. The highest BCUT2D eigenvalue weighted by Gasteiger charge is 2.22. The van der Waals surface area contributed by atoms with Gasteiger partial charge < -0.3 is 9.47 Å². The normalized spacial score (nSPS) is 11.4. The van der Waals surface area contributed by atoms with Crippen LogP contribution in [0.15, 0.2) is 70.4 Å². The van der Waals surface area contributed by atoms with Gasteiger partial charge in [-0.1, -0.05) is 18.2 Å². The SMILES string of the molecule is COc1cc(-n2c(C)nc3ccccc3c2=O)ccc1NS(=O)(=O)c1cc(C)ccc1OC. The highest BCUT2D eigenvalue weighted by molar-refractivity contribution is 7.92. The van der Waals surface area contributed by atoms with Crippen LogP contribution >= 0.6 is 0 Å².